The van der Waals surface area contributed by atoms with E-state index in [2.05, 4.69) is 21.7 Å². The highest BCUT2D eigenvalue weighted by molar-refractivity contribution is 7.99. The first-order valence-corrected chi connectivity index (χ1v) is 18.1. The van der Waals surface area contributed by atoms with Crippen molar-refractivity contribution in [1.29, 1.82) is 0 Å². The SMILES string of the molecule is COC(=O)C1(OCCCSCC[NH3+])CC(NC(=O)OC(C)(C)C)C(NC(C)=O)C(C(C)(O)C(O)CNC(=O)c2ccc(-c3ccccc3)cc2)O1. The number of rotatable bonds is 16. The molecular weight excluding hydrogens is 680 g/mol. The van der Waals surface area contributed by atoms with Crippen LogP contribution in [0.15, 0.2) is 54.6 Å². The summed E-state index contributed by atoms with van der Waals surface area (Å²) >= 11 is 1.66. The van der Waals surface area contributed by atoms with Crippen LogP contribution in [0.1, 0.15) is 57.8 Å². The Kier molecular flexibility index (Phi) is 15.3. The molecule has 1 saturated heterocycles. The van der Waals surface area contributed by atoms with Gasteiger partial charge in [0.1, 0.15) is 23.4 Å². The van der Waals surface area contributed by atoms with Crippen LogP contribution in [0.5, 0.6) is 0 Å². The molecule has 2 aromatic rings. The van der Waals surface area contributed by atoms with Gasteiger partial charge in [-0.1, -0.05) is 42.5 Å². The van der Waals surface area contributed by atoms with Gasteiger partial charge in [0.25, 0.3) is 11.7 Å². The molecule has 1 heterocycles. The molecule has 0 saturated carbocycles. The smallest absolute Gasteiger partial charge is 0.407 e. The van der Waals surface area contributed by atoms with Gasteiger partial charge < -0.3 is 50.8 Å². The highest BCUT2D eigenvalue weighted by Gasteiger charge is 2.60. The van der Waals surface area contributed by atoms with Crippen molar-refractivity contribution in [3.8, 4) is 11.1 Å². The maximum absolute atomic E-state index is 13.5. The van der Waals surface area contributed by atoms with E-state index in [1.54, 1.807) is 56.8 Å². The number of carbonyl (C=O) groups excluding carboxylic acids is 4. The lowest BCUT2D eigenvalue weighted by Gasteiger charge is -2.51. The Morgan fingerprint density at radius 2 is 1.67 bits per heavy atom. The number of quaternary nitrogens is 1. The van der Waals surface area contributed by atoms with Crippen LogP contribution in [0.4, 0.5) is 4.79 Å². The van der Waals surface area contributed by atoms with Crippen LogP contribution in [0.2, 0.25) is 0 Å². The number of nitrogens with one attached hydrogen (secondary N) is 3. The second-order valence-corrected chi connectivity index (χ2v) is 14.8. The number of benzene rings is 2. The van der Waals surface area contributed by atoms with Crippen LogP contribution in [0.25, 0.3) is 11.1 Å². The number of methoxy groups -OCH3 is 1. The number of aliphatic hydroxyl groups is 2. The fourth-order valence-electron chi connectivity index (χ4n) is 5.62. The van der Waals surface area contributed by atoms with Crippen molar-refractivity contribution in [2.45, 2.75) is 88.7 Å². The van der Waals surface area contributed by atoms with Crippen molar-refractivity contribution in [1.82, 2.24) is 16.0 Å². The number of aliphatic hydroxyl groups excluding tert-OH is 1. The minimum absolute atomic E-state index is 0.0414. The largest absolute Gasteiger partial charge is 0.465 e. The summed E-state index contributed by atoms with van der Waals surface area (Å²) < 4.78 is 22.9. The highest BCUT2D eigenvalue weighted by Crippen LogP contribution is 2.38. The molecule has 2 aromatic carbocycles. The van der Waals surface area contributed by atoms with Gasteiger partial charge in [-0.25, -0.2) is 9.59 Å². The van der Waals surface area contributed by atoms with E-state index in [1.165, 1.54) is 13.8 Å². The Balaban J connectivity index is 1.90. The van der Waals surface area contributed by atoms with Gasteiger partial charge in [-0.3, -0.25) is 9.59 Å². The number of esters is 1. The van der Waals surface area contributed by atoms with Crippen LogP contribution in [-0.2, 0) is 28.5 Å². The average Bonchev–Trinajstić information content (AvgIpc) is 3.08. The maximum Gasteiger partial charge on any atom is 0.407 e. The molecule has 0 aromatic heterocycles. The van der Waals surface area contributed by atoms with Gasteiger partial charge in [-0.15, -0.1) is 0 Å². The summed E-state index contributed by atoms with van der Waals surface area (Å²) in [7, 11) is 1.14. The van der Waals surface area contributed by atoms with Crippen molar-refractivity contribution >= 4 is 35.6 Å². The van der Waals surface area contributed by atoms with E-state index in [-0.39, 0.29) is 13.0 Å². The first-order chi connectivity index (χ1) is 24.0. The van der Waals surface area contributed by atoms with Gasteiger partial charge in [0.05, 0.1) is 32.3 Å². The zero-order valence-corrected chi connectivity index (χ0v) is 31.0. The lowest BCUT2D eigenvalue weighted by molar-refractivity contribution is -0.360. The highest BCUT2D eigenvalue weighted by atomic mass is 32.2. The molecule has 14 nitrogen and oxygen atoms in total. The minimum Gasteiger partial charge on any atom is -0.465 e. The van der Waals surface area contributed by atoms with E-state index in [9.17, 15) is 29.4 Å². The van der Waals surface area contributed by atoms with Crippen LogP contribution < -0.4 is 21.7 Å². The lowest BCUT2D eigenvalue weighted by atomic mass is 9.80. The molecule has 0 bridgehead atoms. The summed E-state index contributed by atoms with van der Waals surface area (Å²) in [6.07, 6.45) is -3.98. The van der Waals surface area contributed by atoms with Gasteiger partial charge in [0.15, 0.2) is 0 Å². The number of hydrogen-bond donors (Lipinski definition) is 6. The molecule has 1 aliphatic heterocycles. The number of carbonyl (C=O) groups is 4. The predicted octanol–water partition coefficient (Wildman–Crippen LogP) is 1.63. The lowest BCUT2D eigenvalue weighted by Crippen LogP contribution is -2.74. The van der Waals surface area contributed by atoms with Crippen LogP contribution >= 0.6 is 11.8 Å². The summed E-state index contributed by atoms with van der Waals surface area (Å²) in [5.74, 6) is -2.63. The fraction of sp³-hybridized carbons (Fsp3) is 0.556. The molecular formula is C36H53N4O10S+. The Bertz CT molecular complexity index is 1450. The van der Waals surface area contributed by atoms with E-state index in [0.29, 0.717) is 17.7 Å². The normalized spacial score (nSPS) is 22.2. The third-order valence-corrected chi connectivity index (χ3v) is 9.31. The molecule has 1 aliphatic rings. The molecule has 3 amide bonds. The van der Waals surface area contributed by atoms with Gasteiger partial charge in [-0.2, -0.15) is 11.8 Å². The molecule has 6 unspecified atom stereocenters. The number of hydrogen-bond acceptors (Lipinski definition) is 11. The van der Waals surface area contributed by atoms with Gasteiger partial charge in [0.2, 0.25) is 5.91 Å². The Hall–Kier alpha value is -3.73. The minimum atomic E-state index is -2.27. The van der Waals surface area contributed by atoms with Gasteiger partial charge in [-0.05, 0) is 63.1 Å². The molecule has 0 radical (unpaired) electrons. The average molecular weight is 734 g/mol. The van der Waals surface area contributed by atoms with E-state index in [4.69, 9.17) is 18.9 Å². The van der Waals surface area contributed by atoms with E-state index >= 15 is 0 Å². The van der Waals surface area contributed by atoms with Crippen molar-refractivity contribution in [3.05, 3.63) is 60.2 Å². The van der Waals surface area contributed by atoms with Crippen molar-refractivity contribution < 1.29 is 54.1 Å². The summed E-state index contributed by atoms with van der Waals surface area (Å²) in [4.78, 5) is 52.1. The molecule has 3 rings (SSSR count). The number of thioether (sulfide) groups is 1. The Morgan fingerprint density at radius 3 is 2.25 bits per heavy atom. The van der Waals surface area contributed by atoms with Gasteiger partial charge in [0, 0.05) is 31.2 Å². The molecule has 1 fully saturated rings. The number of alkyl carbamates (subject to hydrolysis) is 1. The number of ether oxygens (including phenoxy) is 4. The molecule has 15 heteroatoms. The molecule has 282 valence electrons. The third kappa shape index (κ3) is 11.9. The van der Waals surface area contributed by atoms with Gasteiger partial charge >= 0.3 is 12.1 Å². The Morgan fingerprint density at radius 1 is 1.02 bits per heavy atom. The maximum atomic E-state index is 13.5. The predicted molar refractivity (Wildman–Crippen MR) is 191 cm³/mol. The van der Waals surface area contributed by atoms with Crippen molar-refractivity contribution in [3.63, 3.8) is 0 Å². The third-order valence-electron chi connectivity index (χ3n) is 8.15. The molecule has 0 spiro atoms. The monoisotopic (exact) mass is 733 g/mol. The summed E-state index contributed by atoms with van der Waals surface area (Å²) in [6.45, 7) is 7.84. The summed E-state index contributed by atoms with van der Waals surface area (Å²) in [6, 6.07) is 14.2. The zero-order chi connectivity index (χ0) is 37.8. The molecule has 6 atom stereocenters. The Labute approximate surface area is 303 Å². The van der Waals surface area contributed by atoms with Crippen molar-refractivity contribution in [2.24, 2.45) is 0 Å². The van der Waals surface area contributed by atoms with Crippen LogP contribution in [-0.4, -0.2) is 114 Å². The van der Waals surface area contributed by atoms with E-state index in [1.807, 2.05) is 30.3 Å². The topological polar surface area (TPSA) is 209 Å². The van der Waals surface area contributed by atoms with Crippen LogP contribution in [0.3, 0.4) is 0 Å². The first kappa shape index (κ1) is 41.7. The van der Waals surface area contributed by atoms with Crippen molar-refractivity contribution in [2.75, 3.05) is 38.3 Å². The zero-order valence-electron chi connectivity index (χ0n) is 30.2. The second kappa shape index (κ2) is 18.7. The number of amides is 3. The quantitative estimate of drug-likeness (QED) is 0.108. The molecule has 51 heavy (non-hydrogen) atoms. The van der Waals surface area contributed by atoms with E-state index in [0.717, 1.165) is 30.5 Å². The summed E-state index contributed by atoms with van der Waals surface area (Å²) in [5, 5.41) is 31.4. The second-order valence-electron chi connectivity index (χ2n) is 13.5. The fourth-order valence-corrected chi connectivity index (χ4v) is 6.35. The standard InChI is InChI=1S/C36H52N4O10S/c1-23(41)39-29-27(40-33(45)50-34(2,3)4)21-36(32(44)47-6,48-18-10-19-51-20-17-37)49-30(29)35(5,46)28(42)22-38-31(43)26-15-13-25(14-16-26)24-11-8-7-9-12-24/h7-9,11-16,27-30,42,46H,10,17-22,37H2,1-6H3,(H,38,43)(H,39,41)(H,40,45)/p+1. The summed E-state index contributed by atoms with van der Waals surface area (Å²) in [5.41, 5.74) is 2.89. The van der Waals surface area contributed by atoms with Crippen LogP contribution in [0, 0.1) is 0 Å². The van der Waals surface area contributed by atoms with E-state index < -0.39 is 71.7 Å². The first-order valence-electron chi connectivity index (χ1n) is 16.9. The molecule has 0 aliphatic carbocycles. The molecule has 8 N–H and O–H groups in total.